The van der Waals surface area contributed by atoms with Crippen LogP contribution in [0.1, 0.15) is 22.8 Å². The first-order valence-corrected chi connectivity index (χ1v) is 6.51. The van der Waals surface area contributed by atoms with Crippen LogP contribution < -0.4 is 10.1 Å². The number of carbonyl (C=O) groups excluding carboxylic acids is 1. The number of rotatable bonds is 4. The molecule has 0 radical (unpaired) electrons. The number of aryl methyl sites for hydroxylation is 1. The first kappa shape index (κ1) is 15.0. The number of hydrogen-bond donors (Lipinski definition) is 1. The Morgan fingerprint density at radius 3 is 2.62 bits per heavy atom. The monoisotopic (exact) mass is 291 g/mol. The number of nitrogens with one attached hydrogen (secondary N) is 1. The van der Waals surface area contributed by atoms with E-state index < -0.39 is 11.7 Å². The summed E-state index contributed by atoms with van der Waals surface area (Å²) in [6.07, 6.45) is 0. The highest BCUT2D eigenvalue weighted by Gasteiger charge is 2.12. The minimum Gasteiger partial charge on any atom is -0.492 e. The summed E-state index contributed by atoms with van der Waals surface area (Å²) in [5.74, 6) is -0.979. The van der Waals surface area contributed by atoms with Gasteiger partial charge in [0.05, 0.1) is 12.3 Å². The van der Waals surface area contributed by atoms with E-state index in [0.717, 1.165) is 0 Å². The van der Waals surface area contributed by atoms with E-state index in [1.807, 2.05) is 0 Å². The predicted molar refractivity (Wildman–Crippen MR) is 76.7 cm³/mol. The van der Waals surface area contributed by atoms with Gasteiger partial charge in [0, 0.05) is 11.6 Å². The van der Waals surface area contributed by atoms with Crippen molar-refractivity contribution in [3.8, 4) is 5.75 Å². The first-order chi connectivity index (χ1) is 10.0. The number of hydrogen-bond acceptors (Lipinski definition) is 2. The van der Waals surface area contributed by atoms with Crippen LogP contribution in [0.4, 0.5) is 14.5 Å². The standard InChI is InChI=1S/C16H15F2NO2/c1-3-21-15-9-12(17)5-7-14(15)19-16(20)11-4-6-13(18)10(2)8-11/h4-9H,3H2,1-2H3,(H,19,20). The van der Waals surface area contributed by atoms with E-state index in [-0.39, 0.29) is 11.6 Å². The van der Waals surface area contributed by atoms with Gasteiger partial charge in [0.1, 0.15) is 17.4 Å². The van der Waals surface area contributed by atoms with Crippen LogP contribution in [-0.2, 0) is 0 Å². The van der Waals surface area contributed by atoms with Gasteiger partial charge < -0.3 is 10.1 Å². The molecular formula is C16H15F2NO2. The number of amides is 1. The second-order valence-corrected chi connectivity index (χ2v) is 4.49. The summed E-state index contributed by atoms with van der Waals surface area (Å²) in [5.41, 5.74) is 1.07. The van der Waals surface area contributed by atoms with E-state index >= 15 is 0 Å². The fraction of sp³-hybridized carbons (Fsp3) is 0.188. The van der Waals surface area contributed by atoms with Gasteiger partial charge in [-0.15, -0.1) is 0 Å². The third-order valence-electron chi connectivity index (χ3n) is 2.91. The molecule has 21 heavy (non-hydrogen) atoms. The molecule has 0 aromatic heterocycles. The molecule has 0 aliphatic heterocycles. The van der Waals surface area contributed by atoms with E-state index in [4.69, 9.17) is 4.74 Å². The molecule has 5 heteroatoms. The molecular weight excluding hydrogens is 276 g/mol. The second-order valence-electron chi connectivity index (χ2n) is 4.49. The zero-order chi connectivity index (χ0) is 15.4. The van der Waals surface area contributed by atoms with Gasteiger partial charge in [-0.2, -0.15) is 0 Å². The number of carbonyl (C=O) groups is 1. The van der Waals surface area contributed by atoms with Crippen molar-refractivity contribution in [2.75, 3.05) is 11.9 Å². The summed E-state index contributed by atoms with van der Waals surface area (Å²) in [6.45, 7) is 3.69. The Morgan fingerprint density at radius 2 is 1.95 bits per heavy atom. The largest absolute Gasteiger partial charge is 0.492 e. The lowest BCUT2D eigenvalue weighted by atomic mass is 10.1. The topological polar surface area (TPSA) is 38.3 Å². The fourth-order valence-corrected chi connectivity index (χ4v) is 1.85. The van der Waals surface area contributed by atoms with Crippen molar-refractivity contribution in [3.05, 3.63) is 59.2 Å². The quantitative estimate of drug-likeness (QED) is 0.927. The molecule has 0 unspecified atom stereocenters. The molecule has 0 bridgehead atoms. The molecule has 0 aliphatic carbocycles. The maximum atomic E-state index is 13.2. The minimum atomic E-state index is -0.450. The maximum Gasteiger partial charge on any atom is 0.255 e. The maximum absolute atomic E-state index is 13.2. The van der Waals surface area contributed by atoms with Crippen LogP contribution in [-0.4, -0.2) is 12.5 Å². The predicted octanol–water partition coefficient (Wildman–Crippen LogP) is 3.92. The molecule has 1 N–H and O–H groups in total. The molecule has 2 aromatic rings. The highest BCUT2D eigenvalue weighted by molar-refractivity contribution is 6.05. The van der Waals surface area contributed by atoms with Gasteiger partial charge in [-0.1, -0.05) is 0 Å². The molecule has 2 rings (SSSR count). The molecule has 0 spiro atoms. The lowest BCUT2D eigenvalue weighted by Gasteiger charge is -2.12. The van der Waals surface area contributed by atoms with Crippen molar-refractivity contribution in [3.63, 3.8) is 0 Å². The molecule has 2 aromatic carbocycles. The van der Waals surface area contributed by atoms with Gasteiger partial charge in [0.25, 0.3) is 5.91 Å². The van der Waals surface area contributed by atoms with Crippen LogP contribution in [0.3, 0.4) is 0 Å². The van der Waals surface area contributed by atoms with Crippen LogP contribution in [0.25, 0.3) is 0 Å². The molecule has 0 fully saturated rings. The summed E-state index contributed by atoms with van der Waals surface area (Å²) in [7, 11) is 0. The third-order valence-corrected chi connectivity index (χ3v) is 2.91. The van der Waals surface area contributed by atoms with E-state index in [1.165, 1.54) is 36.4 Å². The van der Waals surface area contributed by atoms with Crippen molar-refractivity contribution >= 4 is 11.6 Å². The van der Waals surface area contributed by atoms with E-state index in [2.05, 4.69) is 5.32 Å². The Hall–Kier alpha value is -2.43. The molecule has 3 nitrogen and oxygen atoms in total. The Labute approximate surface area is 121 Å². The SMILES string of the molecule is CCOc1cc(F)ccc1NC(=O)c1ccc(F)c(C)c1. The minimum absolute atomic E-state index is 0.254. The van der Waals surface area contributed by atoms with E-state index in [1.54, 1.807) is 13.8 Å². The van der Waals surface area contributed by atoms with Crippen LogP contribution >= 0.6 is 0 Å². The average Bonchev–Trinajstić information content (AvgIpc) is 2.45. The molecule has 0 heterocycles. The molecule has 1 amide bonds. The lowest BCUT2D eigenvalue weighted by Crippen LogP contribution is -2.13. The van der Waals surface area contributed by atoms with Crippen molar-refractivity contribution in [1.82, 2.24) is 0 Å². The van der Waals surface area contributed by atoms with Crippen LogP contribution in [0.15, 0.2) is 36.4 Å². The summed E-state index contributed by atoms with van der Waals surface area (Å²) < 4.78 is 31.7. The highest BCUT2D eigenvalue weighted by atomic mass is 19.1. The van der Waals surface area contributed by atoms with Crippen LogP contribution in [0.5, 0.6) is 5.75 Å². The van der Waals surface area contributed by atoms with Gasteiger partial charge in [-0.25, -0.2) is 8.78 Å². The van der Waals surface area contributed by atoms with Crippen molar-refractivity contribution in [2.24, 2.45) is 0 Å². The number of benzene rings is 2. The average molecular weight is 291 g/mol. The summed E-state index contributed by atoms with van der Waals surface area (Å²) in [5, 5.41) is 2.63. The number of anilines is 1. The van der Waals surface area contributed by atoms with Gasteiger partial charge in [-0.05, 0) is 49.7 Å². The molecule has 0 atom stereocenters. The van der Waals surface area contributed by atoms with Gasteiger partial charge in [-0.3, -0.25) is 4.79 Å². The van der Waals surface area contributed by atoms with Gasteiger partial charge >= 0.3 is 0 Å². The van der Waals surface area contributed by atoms with Crippen LogP contribution in [0, 0.1) is 18.6 Å². The third kappa shape index (κ3) is 3.56. The number of ether oxygens (including phenoxy) is 1. The van der Waals surface area contributed by atoms with Crippen molar-refractivity contribution in [2.45, 2.75) is 13.8 Å². The Kier molecular flexibility index (Phi) is 4.52. The normalized spacial score (nSPS) is 10.3. The zero-order valence-corrected chi connectivity index (χ0v) is 11.7. The van der Waals surface area contributed by atoms with E-state index in [0.29, 0.717) is 23.4 Å². The van der Waals surface area contributed by atoms with Crippen LogP contribution in [0.2, 0.25) is 0 Å². The van der Waals surface area contributed by atoms with Crippen molar-refractivity contribution < 1.29 is 18.3 Å². The smallest absolute Gasteiger partial charge is 0.255 e. The Balaban J connectivity index is 2.24. The van der Waals surface area contributed by atoms with Crippen molar-refractivity contribution in [1.29, 1.82) is 0 Å². The summed E-state index contributed by atoms with van der Waals surface area (Å²) >= 11 is 0. The van der Waals surface area contributed by atoms with E-state index in [9.17, 15) is 13.6 Å². The molecule has 0 aliphatic rings. The Morgan fingerprint density at radius 1 is 1.19 bits per heavy atom. The molecule has 0 saturated carbocycles. The van der Waals surface area contributed by atoms with Gasteiger partial charge in [0.2, 0.25) is 0 Å². The lowest BCUT2D eigenvalue weighted by molar-refractivity contribution is 0.102. The number of halogens is 2. The van der Waals surface area contributed by atoms with Gasteiger partial charge in [0.15, 0.2) is 0 Å². The summed E-state index contributed by atoms with van der Waals surface area (Å²) in [4.78, 5) is 12.1. The fourth-order valence-electron chi connectivity index (χ4n) is 1.85. The second kappa shape index (κ2) is 6.35. The molecule has 0 saturated heterocycles. The zero-order valence-electron chi connectivity index (χ0n) is 11.7. The highest BCUT2D eigenvalue weighted by Crippen LogP contribution is 2.26. The Bertz CT molecular complexity index is 671. The molecule has 110 valence electrons. The first-order valence-electron chi connectivity index (χ1n) is 6.51. The summed E-state index contributed by atoms with van der Waals surface area (Å²) in [6, 6.07) is 7.94.